The van der Waals surface area contributed by atoms with Gasteiger partial charge in [0.2, 0.25) is 5.88 Å². The van der Waals surface area contributed by atoms with Crippen LogP contribution in [0.25, 0.3) is 11.0 Å². The molecular formula is C18H16N2O5. The molecular weight excluding hydrogens is 324 g/mol. The standard InChI is InChI=1S/C18H16N2O5/c1-23-17-6-2-12(10-20-17)9-19-16(21)11-24-14-5-3-13-4-7-18(22)25-15(13)8-14/h2-8,10H,9,11H2,1H3,(H,19,21). The van der Waals surface area contributed by atoms with Gasteiger partial charge in [0, 0.05) is 36.3 Å². The average Bonchev–Trinajstić information content (AvgIpc) is 2.64. The fourth-order valence-corrected chi connectivity index (χ4v) is 2.17. The van der Waals surface area contributed by atoms with Crippen molar-refractivity contribution in [3.05, 3.63) is 64.6 Å². The van der Waals surface area contributed by atoms with Crippen molar-refractivity contribution < 1.29 is 18.7 Å². The van der Waals surface area contributed by atoms with E-state index in [4.69, 9.17) is 13.9 Å². The van der Waals surface area contributed by atoms with E-state index in [9.17, 15) is 9.59 Å². The number of amides is 1. The second-order valence-corrected chi connectivity index (χ2v) is 5.23. The molecule has 1 N–H and O–H groups in total. The van der Waals surface area contributed by atoms with Gasteiger partial charge in [0.15, 0.2) is 6.61 Å². The summed E-state index contributed by atoms with van der Waals surface area (Å²) in [5, 5.41) is 3.52. The molecule has 7 heteroatoms. The Morgan fingerprint density at radius 1 is 1.20 bits per heavy atom. The Morgan fingerprint density at radius 3 is 2.80 bits per heavy atom. The third kappa shape index (κ3) is 4.35. The predicted octanol–water partition coefficient (Wildman–Crippen LogP) is 1.89. The van der Waals surface area contributed by atoms with Gasteiger partial charge in [-0.2, -0.15) is 0 Å². The number of carbonyl (C=O) groups excluding carboxylic acids is 1. The van der Waals surface area contributed by atoms with Crippen LogP contribution in [-0.2, 0) is 11.3 Å². The lowest BCUT2D eigenvalue weighted by molar-refractivity contribution is -0.123. The molecule has 2 aromatic heterocycles. The molecule has 0 radical (unpaired) electrons. The molecule has 0 unspecified atom stereocenters. The van der Waals surface area contributed by atoms with E-state index in [1.807, 2.05) is 6.07 Å². The van der Waals surface area contributed by atoms with Crippen LogP contribution >= 0.6 is 0 Å². The van der Waals surface area contributed by atoms with Gasteiger partial charge >= 0.3 is 5.63 Å². The summed E-state index contributed by atoms with van der Waals surface area (Å²) < 4.78 is 15.5. The van der Waals surface area contributed by atoms with E-state index in [0.29, 0.717) is 23.8 Å². The van der Waals surface area contributed by atoms with E-state index in [1.54, 1.807) is 43.6 Å². The van der Waals surface area contributed by atoms with Crippen LogP contribution in [0, 0.1) is 0 Å². The van der Waals surface area contributed by atoms with Gasteiger partial charge in [0.25, 0.3) is 5.91 Å². The average molecular weight is 340 g/mol. The number of rotatable bonds is 6. The molecule has 0 aliphatic heterocycles. The van der Waals surface area contributed by atoms with Crippen LogP contribution in [-0.4, -0.2) is 24.6 Å². The van der Waals surface area contributed by atoms with Crippen LogP contribution in [0.5, 0.6) is 11.6 Å². The summed E-state index contributed by atoms with van der Waals surface area (Å²) in [5.41, 5.74) is 0.826. The lowest BCUT2D eigenvalue weighted by Gasteiger charge is -2.08. The Bertz CT molecular complexity index is 934. The highest BCUT2D eigenvalue weighted by Gasteiger charge is 2.05. The Hall–Kier alpha value is -3.35. The van der Waals surface area contributed by atoms with E-state index in [2.05, 4.69) is 10.3 Å². The van der Waals surface area contributed by atoms with E-state index in [1.165, 1.54) is 6.07 Å². The van der Waals surface area contributed by atoms with E-state index in [-0.39, 0.29) is 12.5 Å². The maximum absolute atomic E-state index is 11.9. The first-order valence-corrected chi connectivity index (χ1v) is 7.56. The molecule has 0 fully saturated rings. The van der Waals surface area contributed by atoms with Gasteiger partial charge < -0.3 is 19.2 Å². The Labute approximate surface area is 143 Å². The highest BCUT2D eigenvalue weighted by atomic mass is 16.5. The van der Waals surface area contributed by atoms with Crippen molar-refractivity contribution in [2.24, 2.45) is 0 Å². The summed E-state index contributed by atoms with van der Waals surface area (Å²) >= 11 is 0. The summed E-state index contributed by atoms with van der Waals surface area (Å²) in [6.45, 7) is 0.192. The van der Waals surface area contributed by atoms with Crippen molar-refractivity contribution in [1.29, 1.82) is 0 Å². The topological polar surface area (TPSA) is 90.7 Å². The minimum atomic E-state index is -0.435. The molecule has 1 aromatic carbocycles. The van der Waals surface area contributed by atoms with E-state index >= 15 is 0 Å². The summed E-state index contributed by atoms with van der Waals surface area (Å²) in [4.78, 5) is 27.2. The molecule has 0 spiro atoms. The van der Waals surface area contributed by atoms with Crippen LogP contribution in [0.2, 0.25) is 0 Å². The molecule has 25 heavy (non-hydrogen) atoms. The third-order valence-electron chi connectivity index (χ3n) is 3.46. The van der Waals surface area contributed by atoms with Gasteiger partial charge in [-0.3, -0.25) is 4.79 Å². The van der Waals surface area contributed by atoms with Crippen LogP contribution in [0.4, 0.5) is 0 Å². The molecule has 3 rings (SSSR count). The monoisotopic (exact) mass is 340 g/mol. The number of nitrogens with one attached hydrogen (secondary N) is 1. The van der Waals surface area contributed by atoms with Gasteiger partial charge in [0.05, 0.1) is 7.11 Å². The molecule has 3 aromatic rings. The first-order chi connectivity index (χ1) is 12.1. The zero-order valence-corrected chi connectivity index (χ0v) is 13.5. The van der Waals surface area contributed by atoms with E-state index < -0.39 is 5.63 Å². The highest BCUT2D eigenvalue weighted by molar-refractivity contribution is 5.79. The van der Waals surface area contributed by atoms with Crippen molar-refractivity contribution >= 4 is 16.9 Å². The third-order valence-corrected chi connectivity index (χ3v) is 3.46. The van der Waals surface area contributed by atoms with Gasteiger partial charge in [-0.05, 0) is 23.8 Å². The van der Waals surface area contributed by atoms with Crippen LogP contribution in [0.15, 0.2) is 57.9 Å². The zero-order chi connectivity index (χ0) is 17.6. The normalized spacial score (nSPS) is 10.4. The number of nitrogens with zero attached hydrogens (tertiary/aromatic N) is 1. The fraction of sp³-hybridized carbons (Fsp3) is 0.167. The number of aromatic nitrogens is 1. The lowest BCUT2D eigenvalue weighted by Crippen LogP contribution is -2.28. The number of methoxy groups -OCH3 is 1. The maximum Gasteiger partial charge on any atom is 0.336 e. The minimum absolute atomic E-state index is 0.147. The number of ether oxygens (including phenoxy) is 2. The molecule has 0 aliphatic carbocycles. The van der Waals surface area contributed by atoms with Crippen LogP contribution < -0.4 is 20.4 Å². The smallest absolute Gasteiger partial charge is 0.336 e. The van der Waals surface area contributed by atoms with Gasteiger partial charge in [-0.1, -0.05) is 6.07 Å². The number of pyridine rings is 1. The fourth-order valence-electron chi connectivity index (χ4n) is 2.17. The Balaban J connectivity index is 1.53. The first-order valence-electron chi connectivity index (χ1n) is 7.56. The molecule has 7 nitrogen and oxygen atoms in total. The van der Waals surface area contributed by atoms with Gasteiger partial charge in [-0.25, -0.2) is 9.78 Å². The van der Waals surface area contributed by atoms with Crippen LogP contribution in [0.1, 0.15) is 5.56 Å². The summed E-state index contributed by atoms with van der Waals surface area (Å²) in [7, 11) is 1.54. The Morgan fingerprint density at radius 2 is 2.04 bits per heavy atom. The number of hydrogen-bond donors (Lipinski definition) is 1. The largest absolute Gasteiger partial charge is 0.484 e. The maximum atomic E-state index is 11.9. The lowest BCUT2D eigenvalue weighted by atomic mass is 10.2. The SMILES string of the molecule is COc1ccc(CNC(=O)COc2ccc3ccc(=O)oc3c2)cn1. The van der Waals surface area contributed by atoms with Crippen molar-refractivity contribution in [2.45, 2.75) is 6.54 Å². The number of fused-ring (bicyclic) bond motifs is 1. The molecule has 0 bridgehead atoms. The molecule has 0 aliphatic rings. The molecule has 0 atom stereocenters. The van der Waals surface area contributed by atoms with Crippen molar-refractivity contribution in [3.63, 3.8) is 0 Å². The van der Waals surface area contributed by atoms with Crippen molar-refractivity contribution in [1.82, 2.24) is 10.3 Å². The van der Waals surface area contributed by atoms with Crippen molar-refractivity contribution in [2.75, 3.05) is 13.7 Å². The first kappa shape index (κ1) is 16.5. The van der Waals surface area contributed by atoms with E-state index in [0.717, 1.165) is 10.9 Å². The molecule has 2 heterocycles. The molecule has 128 valence electrons. The van der Waals surface area contributed by atoms with Gasteiger partial charge in [-0.15, -0.1) is 0 Å². The quantitative estimate of drug-likeness (QED) is 0.689. The second kappa shape index (κ2) is 7.48. The predicted molar refractivity (Wildman–Crippen MR) is 90.6 cm³/mol. The zero-order valence-electron chi connectivity index (χ0n) is 13.5. The molecule has 0 saturated carbocycles. The van der Waals surface area contributed by atoms with Crippen molar-refractivity contribution in [3.8, 4) is 11.6 Å². The molecule has 0 saturated heterocycles. The van der Waals surface area contributed by atoms with Gasteiger partial charge in [0.1, 0.15) is 11.3 Å². The number of carbonyl (C=O) groups is 1. The number of benzene rings is 1. The number of hydrogen-bond acceptors (Lipinski definition) is 6. The highest BCUT2D eigenvalue weighted by Crippen LogP contribution is 2.19. The second-order valence-electron chi connectivity index (χ2n) is 5.23. The minimum Gasteiger partial charge on any atom is -0.484 e. The summed E-state index contributed by atoms with van der Waals surface area (Å²) in [6.07, 6.45) is 1.63. The molecule has 1 amide bonds. The van der Waals surface area contributed by atoms with Crippen LogP contribution in [0.3, 0.4) is 0 Å². The summed E-state index contributed by atoms with van der Waals surface area (Å²) in [6, 6.07) is 11.6. The summed E-state index contributed by atoms with van der Waals surface area (Å²) in [5.74, 6) is 0.690. The Kier molecular flexibility index (Phi) is 4.94.